The van der Waals surface area contributed by atoms with Crippen molar-refractivity contribution in [1.29, 1.82) is 0 Å². The first-order chi connectivity index (χ1) is 13.4. The summed E-state index contributed by atoms with van der Waals surface area (Å²) in [6, 6.07) is 16.4. The third-order valence-electron chi connectivity index (χ3n) is 5.15. The van der Waals surface area contributed by atoms with Gasteiger partial charge in [0.2, 0.25) is 0 Å². The average Bonchev–Trinajstić information content (AvgIpc) is 3.14. The fourth-order valence-electron chi connectivity index (χ4n) is 3.62. The molecule has 3 aromatic rings. The van der Waals surface area contributed by atoms with Gasteiger partial charge in [0.15, 0.2) is 0 Å². The van der Waals surface area contributed by atoms with Crippen molar-refractivity contribution in [2.24, 2.45) is 0 Å². The molecule has 1 aliphatic heterocycles. The second-order valence-electron chi connectivity index (χ2n) is 7.16. The Kier molecular flexibility index (Phi) is 7.52. The average molecular weight is 398 g/mol. The topological polar surface area (TPSA) is 41.1 Å². The van der Waals surface area contributed by atoms with E-state index in [0.717, 1.165) is 47.5 Å². The maximum absolute atomic E-state index is 5.89. The Morgan fingerprint density at radius 1 is 0.964 bits per heavy atom. The first-order valence-electron chi connectivity index (χ1n) is 9.95. The molecule has 28 heavy (non-hydrogen) atoms. The van der Waals surface area contributed by atoms with Gasteiger partial charge in [0, 0.05) is 11.9 Å². The van der Waals surface area contributed by atoms with Gasteiger partial charge in [-0.15, -0.1) is 12.4 Å². The van der Waals surface area contributed by atoms with Crippen LogP contribution in [0.2, 0.25) is 0 Å². The summed E-state index contributed by atoms with van der Waals surface area (Å²) in [4.78, 5) is 2.56. The third-order valence-corrected chi connectivity index (χ3v) is 5.15. The van der Waals surface area contributed by atoms with Crippen molar-refractivity contribution in [3.8, 4) is 5.75 Å². The maximum atomic E-state index is 5.89. The van der Waals surface area contributed by atoms with Crippen LogP contribution in [-0.4, -0.2) is 41.3 Å². The molecule has 1 aromatic heterocycles. The normalized spacial score (nSPS) is 15.0. The smallest absolute Gasteiger partial charge is 0.119 e. The van der Waals surface area contributed by atoms with Crippen LogP contribution in [0.1, 0.15) is 36.9 Å². The van der Waals surface area contributed by atoms with Gasteiger partial charge < -0.3 is 9.64 Å². The van der Waals surface area contributed by atoms with Crippen LogP contribution in [0.4, 0.5) is 0 Å². The predicted molar refractivity (Wildman–Crippen MR) is 119 cm³/mol. The van der Waals surface area contributed by atoms with E-state index in [1.165, 1.54) is 32.4 Å². The van der Waals surface area contributed by atoms with Crippen molar-refractivity contribution >= 4 is 35.5 Å². The maximum Gasteiger partial charge on any atom is 0.119 e. The van der Waals surface area contributed by atoms with Crippen molar-refractivity contribution in [2.75, 3.05) is 26.2 Å². The number of halogens is 1. The van der Waals surface area contributed by atoms with Gasteiger partial charge in [-0.3, -0.25) is 5.10 Å². The van der Waals surface area contributed by atoms with E-state index in [1.807, 2.05) is 36.4 Å². The van der Waals surface area contributed by atoms with Crippen molar-refractivity contribution in [3.05, 3.63) is 59.8 Å². The zero-order chi connectivity index (χ0) is 18.3. The van der Waals surface area contributed by atoms with E-state index in [1.54, 1.807) is 0 Å². The number of rotatable bonds is 7. The lowest BCUT2D eigenvalue weighted by atomic mass is 10.1. The first-order valence-corrected chi connectivity index (χ1v) is 9.95. The Hall–Kier alpha value is -2.30. The molecule has 4 rings (SSSR count). The molecule has 0 radical (unpaired) electrons. The van der Waals surface area contributed by atoms with Crippen molar-refractivity contribution < 1.29 is 4.74 Å². The molecule has 0 spiro atoms. The number of likely N-dealkylation sites (tertiary alicyclic amines) is 1. The minimum atomic E-state index is 0. The summed E-state index contributed by atoms with van der Waals surface area (Å²) in [5, 5.41) is 8.58. The van der Waals surface area contributed by atoms with E-state index in [4.69, 9.17) is 4.74 Å². The Balaban J connectivity index is 0.00000225. The molecule has 5 heteroatoms. The standard InChI is InChI=1S/C23H27N3O.ClH/c1-4-15-26(16-5-1)17-6-18-27-20-12-9-19(10-13-20)11-14-23-21-7-2-3-8-22(21)24-25-23;/h2-3,7-14H,1,4-6,15-18H2,(H,24,25);1H/b14-11+;. The van der Waals surface area contributed by atoms with E-state index >= 15 is 0 Å². The zero-order valence-electron chi connectivity index (χ0n) is 16.1. The van der Waals surface area contributed by atoms with Gasteiger partial charge in [-0.1, -0.05) is 42.8 Å². The van der Waals surface area contributed by atoms with Gasteiger partial charge in [0.1, 0.15) is 5.75 Å². The number of fused-ring (bicyclic) bond motifs is 1. The molecule has 0 unspecified atom stereocenters. The van der Waals surface area contributed by atoms with Crippen LogP contribution in [0.25, 0.3) is 23.1 Å². The lowest BCUT2D eigenvalue weighted by Gasteiger charge is -2.26. The second-order valence-corrected chi connectivity index (χ2v) is 7.16. The number of benzene rings is 2. The second kappa shape index (κ2) is 10.3. The number of hydrogen-bond donors (Lipinski definition) is 1. The van der Waals surface area contributed by atoms with Crippen LogP contribution in [-0.2, 0) is 0 Å². The van der Waals surface area contributed by atoms with Crippen LogP contribution in [0.15, 0.2) is 48.5 Å². The first kappa shape index (κ1) is 20.4. The molecule has 1 saturated heterocycles. The van der Waals surface area contributed by atoms with E-state index in [9.17, 15) is 0 Å². The third kappa shape index (κ3) is 5.37. The van der Waals surface area contributed by atoms with Gasteiger partial charge >= 0.3 is 0 Å². The molecule has 0 atom stereocenters. The molecule has 0 saturated carbocycles. The van der Waals surface area contributed by atoms with E-state index < -0.39 is 0 Å². The molecular formula is C23H28ClN3O. The fourth-order valence-corrected chi connectivity index (χ4v) is 3.62. The van der Waals surface area contributed by atoms with E-state index in [-0.39, 0.29) is 12.4 Å². The molecule has 4 nitrogen and oxygen atoms in total. The number of hydrogen-bond acceptors (Lipinski definition) is 3. The minimum absolute atomic E-state index is 0. The van der Waals surface area contributed by atoms with Gasteiger partial charge in [0.05, 0.1) is 17.8 Å². The highest BCUT2D eigenvalue weighted by Gasteiger charge is 2.09. The van der Waals surface area contributed by atoms with Crippen molar-refractivity contribution in [1.82, 2.24) is 15.1 Å². The number of ether oxygens (including phenoxy) is 1. The largest absolute Gasteiger partial charge is 0.494 e. The summed E-state index contributed by atoms with van der Waals surface area (Å²) in [5.74, 6) is 0.941. The Bertz CT molecular complexity index is 882. The van der Waals surface area contributed by atoms with Crippen LogP contribution in [0, 0.1) is 0 Å². The zero-order valence-corrected chi connectivity index (χ0v) is 17.0. The lowest BCUT2D eigenvalue weighted by molar-refractivity contribution is 0.205. The highest BCUT2D eigenvalue weighted by atomic mass is 35.5. The van der Waals surface area contributed by atoms with E-state index in [0.29, 0.717) is 0 Å². The van der Waals surface area contributed by atoms with Gasteiger partial charge in [0.25, 0.3) is 0 Å². The number of aromatic amines is 1. The number of nitrogens with zero attached hydrogens (tertiary/aromatic N) is 2. The number of piperidine rings is 1. The summed E-state index contributed by atoms with van der Waals surface area (Å²) in [7, 11) is 0. The molecular weight excluding hydrogens is 370 g/mol. The minimum Gasteiger partial charge on any atom is -0.494 e. The predicted octanol–water partition coefficient (Wildman–Crippen LogP) is 5.41. The molecule has 2 aromatic carbocycles. The van der Waals surface area contributed by atoms with Crippen molar-refractivity contribution in [3.63, 3.8) is 0 Å². The molecule has 0 bridgehead atoms. The molecule has 1 N–H and O–H groups in total. The molecule has 0 amide bonds. The Morgan fingerprint density at radius 3 is 2.57 bits per heavy atom. The number of H-pyrrole nitrogens is 1. The summed E-state index contributed by atoms with van der Waals surface area (Å²) in [6.07, 6.45) is 9.32. The highest BCUT2D eigenvalue weighted by molar-refractivity contribution is 5.89. The van der Waals surface area contributed by atoms with Crippen molar-refractivity contribution in [2.45, 2.75) is 25.7 Å². The van der Waals surface area contributed by atoms with Crippen LogP contribution >= 0.6 is 12.4 Å². The summed E-state index contributed by atoms with van der Waals surface area (Å²) in [6.45, 7) is 4.45. The van der Waals surface area contributed by atoms with Gasteiger partial charge in [-0.2, -0.15) is 5.10 Å². The highest BCUT2D eigenvalue weighted by Crippen LogP contribution is 2.19. The Labute approximate surface area is 173 Å². The summed E-state index contributed by atoms with van der Waals surface area (Å²) in [5.41, 5.74) is 3.16. The summed E-state index contributed by atoms with van der Waals surface area (Å²) < 4.78 is 5.89. The molecule has 2 heterocycles. The number of aromatic nitrogens is 2. The molecule has 1 aliphatic rings. The van der Waals surface area contributed by atoms with Gasteiger partial charge in [-0.25, -0.2) is 0 Å². The molecule has 1 fully saturated rings. The molecule has 0 aliphatic carbocycles. The number of para-hydroxylation sites is 1. The molecule has 148 valence electrons. The number of nitrogens with one attached hydrogen (secondary N) is 1. The monoisotopic (exact) mass is 397 g/mol. The van der Waals surface area contributed by atoms with E-state index in [2.05, 4.69) is 39.4 Å². The quantitative estimate of drug-likeness (QED) is 0.542. The summed E-state index contributed by atoms with van der Waals surface area (Å²) >= 11 is 0. The SMILES string of the molecule is C(=C\c1n[nH]c2ccccc12)/c1ccc(OCCCN2CCCCC2)cc1.Cl. The van der Waals surface area contributed by atoms with Crippen LogP contribution in [0.5, 0.6) is 5.75 Å². The fraction of sp³-hybridized carbons (Fsp3) is 0.348. The Morgan fingerprint density at radius 2 is 1.75 bits per heavy atom. The van der Waals surface area contributed by atoms with Gasteiger partial charge in [-0.05, 0) is 62.2 Å². The lowest BCUT2D eigenvalue weighted by Crippen LogP contribution is -2.31. The van der Waals surface area contributed by atoms with Crippen LogP contribution in [0.3, 0.4) is 0 Å². The van der Waals surface area contributed by atoms with Crippen LogP contribution < -0.4 is 4.74 Å².